The number of hydrogen-bond donors (Lipinski definition) is 0. The Bertz CT molecular complexity index is 403. The summed E-state index contributed by atoms with van der Waals surface area (Å²) in [5, 5.41) is 0. The second kappa shape index (κ2) is 4.26. The largest absolute Gasteiger partial charge is 0.260 e. The van der Waals surface area contributed by atoms with Crippen LogP contribution in [0, 0.1) is 29.1 Å². The Morgan fingerprint density at radius 1 is 0.867 bits per heavy atom. The van der Waals surface area contributed by atoms with Gasteiger partial charge in [-0.15, -0.1) is 0 Å². The molecule has 7 heteroatoms. The van der Waals surface area contributed by atoms with Gasteiger partial charge in [0.2, 0.25) is 5.82 Å². The van der Waals surface area contributed by atoms with E-state index in [1.165, 1.54) is 0 Å². The van der Waals surface area contributed by atoms with Gasteiger partial charge in [-0.3, -0.25) is 4.21 Å². The zero-order valence-corrected chi connectivity index (χ0v) is 8.23. The molecule has 0 fully saturated rings. The quantitative estimate of drug-likeness (QED) is 0.443. The molecule has 0 saturated carbocycles. The van der Waals surface area contributed by atoms with Crippen LogP contribution in [0.3, 0.4) is 0 Å². The Labute approximate surface area is 84.4 Å². The zero-order valence-electron chi connectivity index (χ0n) is 7.41. The maximum absolute atomic E-state index is 12.9. The lowest BCUT2D eigenvalue weighted by molar-refractivity contribution is 0.372. The first-order valence-electron chi connectivity index (χ1n) is 3.66. The number of rotatable bonds is 2. The Kier molecular flexibility index (Phi) is 3.43. The minimum atomic E-state index is -2.21. The fourth-order valence-electron chi connectivity index (χ4n) is 0.980. The van der Waals surface area contributed by atoms with Crippen LogP contribution in [0.4, 0.5) is 22.0 Å². The molecule has 1 aromatic carbocycles. The van der Waals surface area contributed by atoms with Crippen LogP contribution in [0.1, 0.15) is 5.56 Å². The van der Waals surface area contributed by atoms with Gasteiger partial charge in [0.05, 0.1) is 5.75 Å². The van der Waals surface area contributed by atoms with Crippen molar-refractivity contribution >= 4 is 10.8 Å². The van der Waals surface area contributed by atoms with Crippen molar-refractivity contribution in [3.63, 3.8) is 0 Å². The topological polar surface area (TPSA) is 17.1 Å². The van der Waals surface area contributed by atoms with Crippen molar-refractivity contribution < 1.29 is 26.2 Å². The molecule has 1 atom stereocenters. The van der Waals surface area contributed by atoms with E-state index in [4.69, 9.17) is 0 Å². The summed E-state index contributed by atoms with van der Waals surface area (Å²) in [7, 11) is -1.70. The van der Waals surface area contributed by atoms with Crippen molar-refractivity contribution in [2.75, 3.05) is 6.26 Å². The average molecular weight is 244 g/mol. The van der Waals surface area contributed by atoms with E-state index in [9.17, 15) is 26.2 Å². The highest BCUT2D eigenvalue weighted by atomic mass is 32.2. The molecule has 0 N–H and O–H groups in total. The first-order valence-corrected chi connectivity index (χ1v) is 5.39. The molecule has 1 aromatic rings. The second-order valence-electron chi connectivity index (χ2n) is 2.77. The smallest absolute Gasteiger partial charge is 0.200 e. The van der Waals surface area contributed by atoms with Crippen LogP contribution in [0.15, 0.2) is 0 Å². The predicted octanol–water partition coefficient (Wildman–Crippen LogP) is 2.26. The fourth-order valence-corrected chi connectivity index (χ4v) is 1.64. The summed E-state index contributed by atoms with van der Waals surface area (Å²) in [5.74, 6) is -10.8. The molecular formula is C8H5F5OS. The SMILES string of the molecule is CS(=O)Cc1c(F)c(F)c(F)c(F)c1F. The first kappa shape index (κ1) is 12.1. The van der Waals surface area contributed by atoms with Gasteiger partial charge in [-0.25, -0.2) is 22.0 Å². The third-order valence-corrected chi connectivity index (χ3v) is 2.34. The molecule has 0 aliphatic heterocycles. The van der Waals surface area contributed by atoms with Crippen molar-refractivity contribution in [2.24, 2.45) is 0 Å². The van der Waals surface area contributed by atoms with Gasteiger partial charge in [0.25, 0.3) is 0 Å². The third-order valence-electron chi connectivity index (χ3n) is 1.65. The van der Waals surface area contributed by atoms with Crippen molar-refractivity contribution in [1.29, 1.82) is 0 Å². The molecule has 1 rings (SSSR count). The molecule has 0 aliphatic carbocycles. The highest BCUT2D eigenvalue weighted by Gasteiger charge is 2.25. The Hall–Kier alpha value is -0.980. The minimum absolute atomic E-state index is 0.716. The molecule has 0 saturated heterocycles. The normalized spacial score (nSPS) is 12.9. The van der Waals surface area contributed by atoms with Crippen molar-refractivity contribution in [3.05, 3.63) is 34.6 Å². The summed E-state index contributed by atoms with van der Waals surface area (Å²) in [6.07, 6.45) is 1.10. The van der Waals surface area contributed by atoms with E-state index in [0.717, 1.165) is 6.26 Å². The maximum atomic E-state index is 12.9. The molecule has 0 heterocycles. The standard InChI is InChI=1S/C8H5F5OS/c1-15(14)2-3-4(9)6(11)8(13)7(12)5(3)10/h2H2,1H3. The summed E-state index contributed by atoms with van der Waals surface area (Å²) in [6, 6.07) is 0. The van der Waals surface area contributed by atoms with E-state index < -0.39 is 51.2 Å². The zero-order chi connectivity index (χ0) is 11.7. The Morgan fingerprint density at radius 2 is 1.20 bits per heavy atom. The summed E-state index contributed by atoms with van der Waals surface area (Å²) >= 11 is 0. The van der Waals surface area contributed by atoms with Crippen LogP contribution in [0.5, 0.6) is 0 Å². The van der Waals surface area contributed by atoms with E-state index >= 15 is 0 Å². The third kappa shape index (κ3) is 2.17. The molecule has 84 valence electrons. The summed E-state index contributed by atoms with van der Waals surface area (Å²) in [5.41, 5.74) is -1.05. The minimum Gasteiger partial charge on any atom is -0.260 e. The summed E-state index contributed by atoms with van der Waals surface area (Å²) < 4.78 is 74.2. The predicted molar refractivity (Wildman–Crippen MR) is 44.0 cm³/mol. The van der Waals surface area contributed by atoms with E-state index in [2.05, 4.69) is 0 Å². The molecular weight excluding hydrogens is 239 g/mol. The van der Waals surface area contributed by atoms with Gasteiger partial charge in [-0.2, -0.15) is 0 Å². The molecule has 0 amide bonds. The maximum Gasteiger partial charge on any atom is 0.200 e. The van der Waals surface area contributed by atoms with Crippen LogP contribution in [-0.4, -0.2) is 10.5 Å². The van der Waals surface area contributed by atoms with Crippen LogP contribution in [-0.2, 0) is 16.6 Å². The monoisotopic (exact) mass is 244 g/mol. The van der Waals surface area contributed by atoms with Crippen LogP contribution < -0.4 is 0 Å². The molecule has 1 unspecified atom stereocenters. The highest BCUT2D eigenvalue weighted by Crippen LogP contribution is 2.23. The van der Waals surface area contributed by atoms with Gasteiger partial charge in [0.15, 0.2) is 23.3 Å². The van der Waals surface area contributed by atoms with Crippen molar-refractivity contribution in [2.45, 2.75) is 5.75 Å². The molecule has 0 aliphatic rings. The van der Waals surface area contributed by atoms with E-state index in [1.807, 2.05) is 0 Å². The molecule has 0 bridgehead atoms. The fraction of sp³-hybridized carbons (Fsp3) is 0.250. The number of benzene rings is 1. The first-order chi connectivity index (χ1) is 6.86. The van der Waals surface area contributed by atoms with Gasteiger partial charge in [0.1, 0.15) is 0 Å². The van der Waals surface area contributed by atoms with Gasteiger partial charge in [0, 0.05) is 22.6 Å². The van der Waals surface area contributed by atoms with Crippen molar-refractivity contribution in [1.82, 2.24) is 0 Å². The molecule has 1 nitrogen and oxygen atoms in total. The molecule has 0 aromatic heterocycles. The lowest BCUT2D eigenvalue weighted by Gasteiger charge is -2.06. The summed E-state index contributed by atoms with van der Waals surface area (Å²) in [4.78, 5) is 0. The summed E-state index contributed by atoms with van der Waals surface area (Å²) in [6.45, 7) is 0. The number of halogens is 5. The van der Waals surface area contributed by atoms with Crippen LogP contribution in [0.25, 0.3) is 0 Å². The number of hydrogen-bond acceptors (Lipinski definition) is 1. The Balaban J connectivity index is 3.45. The average Bonchev–Trinajstić information content (AvgIpc) is 2.18. The van der Waals surface area contributed by atoms with E-state index in [-0.39, 0.29) is 0 Å². The lowest BCUT2D eigenvalue weighted by Crippen LogP contribution is -2.08. The molecule has 0 spiro atoms. The van der Waals surface area contributed by atoms with Gasteiger partial charge in [-0.05, 0) is 0 Å². The van der Waals surface area contributed by atoms with Gasteiger partial charge < -0.3 is 0 Å². The Morgan fingerprint density at radius 3 is 1.53 bits per heavy atom. The van der Waals surface area contributed by atoms with E-state index in [0.29, 0.717) is 0 Å². The second-order valence-corrected chi connectivity index (χ2v) is 4.20. The molecule has 15 heavy (non-hydrogen) atoms. The lowest BCUT2D eigenvalue weighted by atomic mass is 10.2. The van der Waals surface area contributed by atoms with E-state index in [1.54, 1.807) is 0 Å². The van der Waals surface area contributed by atoms with Gasteiger partial charge >= 0.3 is 0 Å². The molecule has 0 radical (unpaired) electrons. The van der Waals surface area contributed by atoms with Crippen LogP contribution >= 0.6 is 0 Å². The van der Waals surface area contributed by atoms with Crippen molar-refractivity contribution in [3.8, 4) is 0 Å². The van der Waals surface area contributed by atoms with Crippen LogP contribution in [0.2, 0.25) is 0 Å². The highest BCUT2D eigenvalue weighted by molar-refractivity contribution is 7.83. The van der Waals surface area contributed by atoms with Gasteiger partial charge in [-0.1, -0.05) is 0 Å².